The minimum absolute atomic E-state index is 0.153. The molecular weight excluding hydrogens is 339 g/mol. The first-order valence-corrected chi connectivity index (χ1v) is 9.38. The van der Waals surface area contributed by atoms with Crippen molar-refractivity contribution in [2.45, 2.75) is 26.3 Å². The van der Waals surface area contributed by atoms with E-state index < -0.39 is 0 Å². The van der Waals surface area contributed by atoms with Crippen LogP contribution in [-0.2, 0) is 6.54 Å². The molecule has 1 heterocycles. The van der Waals surface area contributed by atoms with Crippen molar-refractivity contribution in [3.05, 3.63) is 46.2 Å². The van der Waals surface area contributed by atoms with E-state index in [1.807, 2.05) is 6.92 Å². The Morgan fingerprint density at radius 3 is 2.76 bits per heavy atom. The van der Waals surface area contributed by atoms with Gasteiger partial charge in [0.1, 0.15) is 10.7 Å². The van der Waals surface area contributed by atoms with Crippen molar-refractivity contribution in [2.24, 2.45) is 5.92 Å². The van der Waals surface area contributed by atoms with Crippen LogP contribution in [0, 0.1) is 18.7 Å². The first kappa shape index (κ1) is 17.8. The molecule has 3 rings (SSSR count). The summed E-state index contributed by atoms with van der Waals surface area (Å²) in [5, 5.41) is 10.3. The molecule has 1 fully saturated rings. The second kappa shape index (κ2) is 8.40. The quantitative estimate of drug-likeness (QED) is 0.600. The predicted octanol–water partition coefficient (Wildman–Crippen LogP) is 2.93. The van der Waals surface area contributed by atoms with Crippen LogP contribution in [0.1, 0.15) is 33.8 Å². The van der Waals surface area contributed by atoms with Gasteiger partial charge in [-0.05, 0) is 49.9 Å². The van der Waals surface area contributed by atoms with E-state index in [-0.39, 0.29) is 11.7 Å². The number of carbonyl (C=O) groups excluding carboxylic acids is 1. The summed E-state index contributed by atoms with van der Waals surface area (Å²) in [7, 11) is 0. The lowest BCUT2D eigenvalue weighted by Gasteiger charge is -2.04. The summed E-state index contributed by atoms with van der Waals surface area (Å²) >= 11 is 1.36. The fraction of sp³-hybridized carbons (Fsp3) is 0.444. The van der Waals surface area contributed by atoms with Crippen molar-refractivity contribution in [3.63, 3.8) is 0 Å². The zero-order chi connectivity index (χ0) is 17.6. The van der Waals surface area contributed by atoms with E-state index in [0.717, 1.165) is 41.9 Å². The third kappa shape index (κ3) is 5.51. The van der Waals surface area contributed by atoms with E-state index in [9.17, 15) is 9.18 Å². The molecule has 25 heavy (non-hydrogen) atoms. The van der Waals surface area contributed by atoms with Gasteiger partial charge >= 0.3 is 0 Å². The number of thiazole rings is 1. The van der Waals surface area contributed by atoms with Crippen molar-refractivity contribution in [1.29, 1.82) is 0 Å². The molecule has 3 N–H and O–H groups in total. The highest BCUT2D eigenvalue weighted by Gasteiger charge is 2.20. The minimum Gasteiger partial charge on any atom is -0.360 e. The Labute approximate surface area is 151 Å². The molecule has 0 aliphatic heterocycles. The molecule has 5 nitrogen and oxygen atoms in total. The minimum atomic E-state index is -0.282. The van der Waals surface area contributed by atoms with Crippen LogP contribution in [0.5, 0.6) is 0 Å². The van der Waals surface area contributed by atoms with E-state index in [1.165, 1.54) is 36.3 Å². The molecule has 0 unspecified atom stereocenters. The molecule has 0 radical (unpaired) electrons. The number of aryl methyl sites for hydroxylation is 1. The van der Waals surface area contributed by atoms with Crippen molar-refractivity contribution >= 4 is 22.4 Å². The Bertz CT molecular complexity index is 712. The van der Waals surface area contributed by atoms with Gasteiger partial charge in [-0.2, -0.15) is 0 Å². The van der Waals surface area contributed by atoms with E-state index in [0.29, 0.717) is 11.4 Å². The molecule has 2 aromatic rings. The van der Waals surface area contributed by atoms with Gasteiger partial charge in [-0.15, -0.1) is 0 Å². The summed E-state index contributed by atoms with van der Waals surface area (Å²) in [4.78, 5) is 17.3. The molecule has 0 atom stereocenters. The highest BCUT2D eigenvalue weighted by Crippen LogP contribution is 2.27. The number of amides is 1. The first-order valence-electron chi connectivity index (χ1n) is 8.56. The number of carbonyl (C=O) groups is 1. The number of nitrogens with one attached hydrogen (secondary N) is 3. The van der Waals surface area contributed by atoms with Crippen LogP contribution in [0.3, 0.4) is 0 Å². The number of aromatic nitrogens is 1. The van der Waals surface area contributed by atoms with Crippen LogP contribution >= 0.6 is 11.3 Å². The Morgan fingerprint density at radius 1 is 1.28 bits per heavy atom. The summed E-state index contributed by atoms with van der Waals surface area (Å²) in [5.74, 6) is 0.438. The molecule has 1 aromatic carbocycles. The Morgan fingerprint density at radius 2 is 2.04 bits per heavy atom. The second-order valence-corrected chi connectivity index (χ2v) is 7.32. The number of halogens is 1. The largest absolute Gasteiger partial charge is 0.360 e. The van der Waals surface area contributed by atoms with Gasteiger partial charge in [-0.25, -0.2) is 9.37 Å². The van der Waals surface area contributed by atoms with Gasteiger partial charge in [-0.1, -0.05) is 23.5 Å². The monoisotopic (exact) mass is 362 g/mol. The lowest BCUT2D eigenvalue weighted by atomic mass is 10.2. The van der Waals surface area contributed by atoms with Gasteiger partial charge in [-0.3, -0.25) is 4.79 Å². The predicted molar refractivity (Wildman–Crippen MR) is 98.5 cm³/mol. The molecule has 1 aliphatic rings. The highest BCUT2D eigenvalue weighted by atomic mass is 32.1. The zero-order valence-corrected chi connectivity index (χ0v) is 15.1. The molecular formula is C18H23FN4OS. The van der Waals surface area contributed by atoms with Gasteiger partial charge in [0.2, 0.25) is 0 Å². The molecule has 1 amide bonds. The van der Waals surface area contributed by atoms with E-state index in [1.54, 1.807) is 12.1 Å². The fourth-order valence-corrected chi connectivity index (χ4v) is 3.34. The molecule has 1 aliphatic carbocycles. The standard InChI is InChI=1S/C18H23FN4OS/c1-12-16(17(24)22-11-14-4-6-15(19)7-5-14)25-18(23-12)21-9-8-20-10-13-2-3-13/h4-7,13,20H,2-3,8-11H2,1H3,(H,21,23)(H,22,24). The molecule has 1 saturated carbocycles. The van der Waals surface area contributed by atoms with Crippen molar-refractivity contribution in [1.82, 2.24) is 15.6 Å². The average molecular weight is 362 g/mol. The molecule has 0 bridgehead atoms. The van der Waals surface area contributed by atoms with Crippen LogP contribution in [0.15, 0.2) is 24.3 Å². The highest BCUT2D eigenvalue weighted by molar-refractivity contribution is 7.17. The van der Waals surface area contributed by atoms with Crippen LogP contribution in [0.4, 0.5) is 9.52 Å². The maximum atomic E-state index is 12.9. The summed E-state index contributed by atoms with van der Waals surface area (Å²) in [6, 6.07) is 6.10. The molecule has 1 aromatic heterocycles. The molecule has 7 heteroatoms. The summed E-state index contributed by atoms with van der Waals surface area (Å²) in [5.41, 5.74) is 1.58. The maximum absolute atomic E-state index is 12.9. The van der Waals surface area contributed by atoms with Crippen molar-refractivity contribution in [3.8, 4) is 0 Å². The SMILES string of the molecule is Cc1nc(NCCNCC2CC2)sc1C(=O)NCc1ccc(F)cc1. The topological polar surface area (TPSA) is 66.0 Å². The number of benzene rings is 1. The van der Waals surface area contributed by atoms with Crippen molar-refractivity contribution in [2.75, 3.05) is 25.0 Å². The Hall–Kier alpha value is -1.99. The third-order valence-corrected chi connectivity index (χ3v) is 5.19. The fourth-order valence-electron chi connectivity index (χ4n) is 2.43. The molecule has 0 saturated heterocycles. The van der Waals surface area contributed by atoms with Crippen LogP contribution < -0.4 is 16.0 Å². The summed E-state index contributed by atoms with van der Waals surface area (Å²) in [6.07, 6.45) is 2.70. The smallest absolute Gasteiger partial charge is 0.263 e. The first-order chi connectivity index (χ1) is 12.1. The normalized spacial score (nSPS) is 13.7. The number of hydrogen-bond acceptors (Lipinski definition) is 5. The van der Waals surface area contributed by atoms with Gasteiger partial charge in [0.05, 0.1) is 5.69 Å². The third-order valence-electron chi connectivity index (χ3n) is 4.08. The zero-order valence-electron chi connectivity index (χ0n) is 14.3. The van der Waals surface area contributed by atoms with Gasteiger partial charge in [0.15, 0.2) is 5.13 Å². The van der Waals surface area contributed by atoms with E-state index >= 15 is 0 Å². The van der Waals surface area contributed by atoms with E-state index in [4.69, 9.17) is 0 Å². The summed E-state index contributed by atoms with van der Waals surface area (Å²) < 4.78 is 12.9. The van der Waals surface area contributed by atoms with Gasteiger partial charge in [0.25, 0.3) is 5.91 Å². The van der Waals surface area contributed by atoms with Gasteiger partial charge < -0.3 is 16.0 Å². The van der Waals surface area contributed by atoms with E-state index in [2.05, 4.69) is 20.9 Å². The second-order valence-electron chi connectivity index (χ2n) is 6.32. The number of rotatable bonds is 9. The maximum Gasteiger partial charge on any atom is 0.263 e. The molecule has 134 valence electrons. The summed E-state index contributed by atoms with van der Waals surface area (Å²) in [6.45, 7) is 4.97. The van der Waals surface area contributed by atoms with Crippen LogP contribution in [0.2, 0.25) is 0 Å². The van der Waals surface area contributed by atoms with Crippen LogP contribution in [0.25, 0.3) is 0 Å². The Kier molecular flexibility index (Phi) is 5.99. The Balaban J connectivity index is 1.45. The van der Waals surface area contributed by atoms with Gasteiger partial charge in [0, 0.05) is 19.6 Å². The number of anilines is 1. The van der Waals surface area contributed by atoms with Crippen molar-refractivity contribution < 1.29 is 9.18 Å². The lowest BCUT2D eigenvalue weighted by molar-refractivity contribution is 0.0954. The lowest BCUT2D eigenvalue weighted by Crippen LogP contribution is -2.24. The number of hydrogen-bond donors (Lipinski definition) is 3. The molecule has 0 spiro atoms. The average Bonchev–Trinajstić information content (AvgIpc) is 3.35. The van der Waals surface area contributed by atoms with Crippen LogP contribution in [-0.4, -0.2) is 30.5 Å². The number of nitrogens with zero attached hydrogens (tertiary/aromatic N) is 1.